The molecule has 16 nitrogen and oxygen atoms in total. The molecular weight excluding hydrogens is 1100 g/mol. The van der Waals surface area contributed by atoms with Gasteiger partial charge in [0.15, 0.2) is 17.5 Å². The van der Waals surface area contributed by atoms with Gasteiger partial charge in [0.25, 0.3) is 0 Å². The lowest BCUT2D eigenvalue weighted by Crippen LogP contribution is -2.71. The molecule has 3 heterocycles. The molecule has 18 heteroatoms. The van der Waals surface area contributed by atoms with Crippen LogP contribution >= 0.6 is 21.6 Å². The summed E-state index contributed by atoms with van der Waals surface area (Å²) in [4.78, 5) is 53.1. The number of aliphatic imine (C=N–C) groups is 1. The van der Waals surface area contributed by atoms with Crippen LogP contribution in [0.3, 0.4) is 0 Å². The van der Waals surface area contributed by atoms with Crippen LogP contribution in [-0.4, -0.2) is 131 Å². The van der Waals surface area contributed by atoms with Gasteiger partial charge in [-0.25, -0.2) is 0 Å². The van der Waals surface area contributed by atoms with Gasteiger partial charge in [0.2, 0.25) is 0 Å². The summed E-state index contributed by atoms with van der Waals surface area (Å²) in [6.07, 6.45) is 9.16. The monoisotopic (exact) mass is 1190 g/mol. The van der Waals surface area contributed by atoms with Gasteiger partial charge in [-0.05, 0) is 171 Å². The van der Waals surface area contributed by atoms with Crippen molar-refractivity contribution in [2.24, 2.45) is 110 Å². The van der Waals surface area contributed by atoms with Crippen LogP contribution in [0.25, 0.3) is 0 Å². The number of allylic oxidation sites excluding steroid dienone is 3. The van der Waals surface area contributed by atoms with Crippen molar-refractivity contribution in [3.63, 3.8) is 0 Å². The molecule has 0 amide bonds. The third-order valence-electron chi connectivity index (χ3n) is 23.9. The number of carbonyl (C=O) groups is 3. The summed E-state index contributed by atoms with van der Waals surface area (Å²) >= 11 is 0. The molecule has 13 N–H and O–H groups in total. The number of nitrogens with two attached hydrogens (primary N) is 2. The van der Waals surface area contributed by atoms with Gasteiger partial charge < -0.3 is 62.3 Å². The number of hydrogen-bond acceptors (Lipinski definition) is 15. The number of carbonyl (C=O) groups excluding carboxylic acids is 3. The molecule has 2 saturated heterocycles. The van der Waals surface area contributed by atoms with Crippen molar-refractivity contribution in [2.45, 2.75) is 159 Å². The second-order valence-corrected chi connectivity index (χ2v) is 30.9. The number of esters is 1. The molecule has 1 aromatic heterocycles. The van der Waals surface area contributed by atoms with E-state index in [2.05, 4.69) is 47.1 Å². The maximum absolute atomic E-state index is 16.4. The number of phenols is 1. The number of ether oxygens (including phenoxy) is 1. The Hall–Kier alpha value is -4.32. The van der Waals surface area contributed by atoms with Crippen LogP contribution in [0, 0.1) is 106 Å². The van der Waals surface area contributed by atoms with Crippen LogP contribution < -0.4 is 16.8 Å². The lowest BCUT2D eigenvalue weighted by molar-refractivity contribution is -0.230. The van der Waals surface area contributed by atoms with E-state index < -0.39 is 100 Å². The summed E-state index contributed by atoms with van der Waals surface area (Å²) in [5, 5.41) is 91.7. The van der Waals surface area contributed by atoms with Crippen molar-refractivity contribution in [1.29, 1.82) is 0 Å². The Bertz CT molecular complexity index is 2990. The molecule has 1 aromatic carbocycles. The number of aliphatic hydroxyl groups excluding tert-OH is 4. The minimum Gasteiger partial charge on any atom is -0.508 e. The number of Topliss-reactive ketones (excluding diaryl/α,β-unsaturated/α-hetero) is 2. The first kappa shape index (κ1) is 60.0. The van der Waals surface area contributed by atoms with Crippen molar-refractivity contribution >= 4 is 45.1 Å². The number of cyclic esters (lactones) is 1. The highest BCUT2D eigenvalue weighted by atomic mass is 33.1. The molecular formula is C66H89N5O11S2. The van der Waals surface area contributed by atoms with Gasteiger partial charge in [0.1, 0.15) is 11.8 Å². The van der Waals surface area contributed by atoms with Crippen LogP contribution in [0.15, 0.2) is 70.6 Å². The Kier molecular flexibility index (Phi) is 16.4. The number of ketones is 2. The highest BCUT2D eigenvalue weighted by molar-refractivity contribution is 8.76. The average molecular weight is 1190 g/mol. The number of H-pyrrole nitrogens is 1. The maximum Gasteiger partial charge on any atom is 0.313 e. The number of fused-ring (bicyclic) bond motifs is 10. The van der Waals surface area contributed by atoms with E-state index in [9.17, 15) is 40.2 Å². The first-order chi connectivity index (χ1) is 40.1. The standard InChI is InChI=1S/C66H89N5O11S2/c1-33-8-9-36-13-17-44-34(2)21-52(76)64(4,80)60-39(7-5-6-37(22-46(44)45(36)20-33)47-30-82-61(79)53(47)40-18-19-69-27-40)25-66(81)56-54(38-10-14-42(28-70-62(67)68)65(60,66)24-38)63(3)26-51(75)58(77)48-32-84-83-31-41(35-11-15-43(73)16-12-35)23-50(74)49(29-72)71-57(56)59(78)55(48)63/h11-13,15-16,18-19,27,33-34,37-39,41-42,44-49,51-55,58,60,69,71-73,75-77,80-81H,7-10,14,17,20-26,28-32H2,1-4H3,(H4,67,68,70). The highest BCUT2D eigenvalue weighted by Gasteiger charge is 2.79. The Morgan fingerprint density at radius 2 is 1.65 bits per heavy atom. The second-order valence-electron chi connectivity index (χ2n) is 28.4. The number of benzene rings is 1. The predicted octanol–water partition coefficient (Wildman–Crippen LogP) is 6.49. The van der Waals surface area contributed by atoms with Crippen molar-refractivity contribution in [3.8, 4) is 17.6 Å². The maximum atomic E-state index is 16.4. The smallest absolute Gasteiger partial charge is 0.313 e. The summed E-state index contributed by atoms with van der Waals surface area (Å²) in [7, 11) is 3.01. The van der Waals surface area contributed by atoms with Crippen LogP contribution in [-0.2, 0) is 19.1 Å². The lowest BCUT2D eigenvalue weighted by atomic mass is 9.37. The SMILES string of the molecule is CC1CCC2=CCC3C(C)CC(O)C(C)(O)C4C(CC#CC(C5COC(=O)C5c5cc[nH]c5)CC3C2C1)CC1(O)C2=C3NC(CO)C(=O)CC(c5ccc(O)cc5)CSSCC5C(O)C(O)CC(C)(C2C2CCC(CN=C(N)N)C41C2)C5C3=O. The van der Waals surface area contributed by atoms with Crippen molar-refractivity contribution in [3.05, 3.63) is 76.8 Å². The van der Waals surface area contributed by atoms with Gasteiger partial charge in [-0.3, -0.25) is 19.4 Å². The summed E-state index contributed by atoms with van der Waals surface area (Å²) in [5.74, 6) is 2.48. The number of aromatic nitrogens is 1. The molecule has 2 aromatic rings. The molecule has 7 fully saturated rings. The van der Waals surface area contributed by atoms with E-state index in [0.29, 0.717) is 48.2 Å². The topological polar surface area (TPSA) is 294 Å². The zero-order valence-electron chi connectivity index (χ0n) is 49.1. The van der Waals surface area contributed by atoms with E-state index in [1.165, 1.54) is 27.2 Å². The first-order valence-electron chi connectivity index (χ1n) is 31.3. The third kappa shape index (κ3) is 9.91. The van der Waals surface area contributed by atoms with Crippen molar-refractivity contribution in [2.75, 3.05) is 31.3 Å². The van der Waals surface area contributed by atoms with Crippen LogP contribution in [0.5, 0.6) is 5.75 Å². The quantitative estimate of drug-likeness (QED) is 0.0368. The van der Waals surface area contributed by atoms with Gasteiger partial charge in [0.05, 0.1) is 54.3 Å². The first-order valence-corrected chi connectivity index (χ1v) is 33.8. The largest absolute Gasteiger partial charge is 0.508 e. The molecule has 10 aliphatic rings. The molecule has 2 aliphatic heterocycles. The average Bonchev–Trinajstić information content (AvgIpc) is 1.30. The number of rotatable bonds is 6. The number of hydrogen-bond donors (Lipinski definition) is 11. The molecule has 1 spiro atoms. The highest BCUT2D eigenvalue weighted by Crippen LogP contribution is 2.77. The normalized spacial score (nSPS) is 45.8. The molecule has 84 heavy (non-hydrogen) atoms. The predicted molar refractivity (Wildman–Crippen MR) is 322 cm³/mol. The number of guanidine groups is 1. The Morgan fingerprint density at radius 1 is 0.881 bits per heavy atom. The molecule has 0 radical (unpaired) electrons. The molecule has 4 bridgehead atoms. The number of nitrogens with one attached hydrogen (secondary N) is 2. The summed E-state index contributed by atoms with van der Waals surface area (Å²) in [6.45, 7) is 7.94. The summed E-state index contributed by atoms with van der Waals surface area (Å²) < 4.78 is 5.98. The fourth-order valence-electron chi connectivity index (χ4n) is 20.3. The Balaban J connectivity index is 1.05. The van der Waals surface area contributed by atoms with Gasteiger partial charge in [0, 0.05) is 84.2 Å². The van der Waals surface area contributed by atoms with Crippen LogP contribution in [0.1, 0.15) is 134 Å². The number of aromatic amines is 1. The van der Waals surface area contributed by atoms with Crippen molar-refractivity contribution < 1.29 is 54.9 Å². The minimum atomic E-state index is -1.96. The van der Waals surface area contributed by atoms with E-state index in [1.54, 1.807) is 31.2 Å². The van der Waals surface area contributed by atoms with E-state index in [0.717, 1.165) is 43.2 Å². The van der Waals surface area contributed by atoms with Crippen LogP contribution in [0.2, 0.25) is 0 Å². The van der Waals surface area contributed by atoms with Gasteiger partial charge in [-0.1, -0.05) is 72.1 Å². The van der Waals surface area contributed by atoms with Crippen LogP contribution in [0.4, 0.5) is 0 Å². The number of phenolic OH excluding ortho intramolecular Hbond substituents is 1. The van der Waals surface area contributed by atoms with E-state index in [4.69, 9.17) is 16.2 Å². The van der Waals surface area contributed by atoms with E-state index in [1.807, 2.05) is 25.4 Å². The third-order valence-corrected chi connectivity index (χ3v) is 26.5. The number of aliphatic hydroxyl groups is 6. The number of aromatic hydroxyl groups is 1. The Labute approximate surface area is 502 Å². The lowest BCUT2D eigenvalue weighted by Gasteiger charge is -2.68. The van der Waals surface area contributed by atoms with Gasteiger partial charge in [-0.2, -0.15) is 0 Å². The molecule has 24 unspecified atom stereocenters. The minimum absolute atomic E-state index is 0.00275. The van der Waals surface area contributed by atoms with Gasteiger partial charge in [-0.15, -0.1) is 5.92 Å². The molecule has 5 saturated carbocycles. The fourth-order valence-corrected chi connectivity index (χ4v) is 23.1. The fraction of sp³-hybridized carbons (Fsp3) is 0.697. The van der Waals surface area contributed by atoms with Crippen molar-refractivity contribution in [1.82, 2.24) is 10.3 Å². The van der Waals surface area contributed by atoms with E-state index >= 15 is 9.90 Å². The van der Waals surface area contributed by atoms with Gasteiger partial charge >= 0.3 is 5.97 Å². The second kappa shape index (κ2) is 23.0. The Morgan fingerprint density at radius 3 is 2.39 bits per heavy atom. The molecule has 12 rings (SSSR count). The summed E-state index contributed by atoms with van der Waals surface area (Å²) in [6, 6.07) is 7.36. The molecule has 456 valence electrons. The zero-order valence-corrected chi connectivity index (χ0v) is 50.7. The summed E-state index contributed by atoms with van der Waals surface area (Å²) in [5.41, 5.74) is 9.80. The van der Waals surface area contributed by atoms with E-state index in [-0.39, 0.29) is 116 Å². The molecule has 8 aliphatic carbocycles. The number of nitrogens with zero attached hydrogens (tertiary/aromatic N) is 1. The molecule has 24 atom stereocenters. The zero-order chi connectivity index (χ0) is 59.4.